The number of unbranched alkanes of at least 4 members (excludes halogenated alkanes) is 43. The third kappa shape index (κ3) is 57.6. The van der Waals surface area contributed by atoms with Crippen LogP contribution in [0.3, 0.4) is 0 Å². The highest BCUT2D eigenvalue weighted by Crippen LogP contribution is 2.18. The second-order valence-electron chi connectivity index (χ2n) is 23.1. The summed E-state index contributed by atoms with van der Waals surface area (Å²) in [5.74, 6) is -1.98. The second kappa shape index (κ2) is 56.2. The maximum Gasteiger partial charge on any atom is 0.361 e. The third-order valence-electron chi connectivity index (χ3n) is 14.5. The van der Waals surface area contributed by atoms with E-state index in [4.69, 9.17) is 18.9 Å². The average molecular weight is 1040 g/mol. The van der Waals surface area contributed by atoms with Crippen LogP contribution in [0.15, 0.2) is 12.2 Å². The van der Waals surface area contributed by atoms with Crippen LogP contribution >= 0.6 is 0 Å². The summed E-state index contributed by atoms with van der Waals surface area (Å²) in [5, 5.41) is 9.68. The lowest BCUT2D eigenvalue weighted by molar-refractivity contribution is -0.870. The number of aliphatic carboxylic acids is 1. The summed E-state index contributed by atoms with van der Waals surface area (Å²) in [4.78, 5) is 37.3. The van der Waals surface area contributed by atoms with Crippen molar-refractivity contribution in [1.82, 2.24) is 0 Å². The number of hydrogen-bond acceptors (Lipinski definition) is 7. The van der Waals surface area contributed by atoms with Gasteiger partial charge in [0, 0.05) is 12.8 Å². The van der Waals surface area contributed by atoms with Gasteiger partial charge in [0.25, 0.3) is 6.29 Å². The molecule has 73 heavy (non-hydrogen) atoms. The van der Waals surface area contributed by atoms with Crippen molar-refractivity contribution in [3.63, 3.8) is 0 Å². The van der Waals surface area contributed by atoms with Crippen LogP contribution in [0.5, 0.6) is 0 Å². The largest absolute Gasteiger partial charge is 0.477 e. The van der Waals surface area contributed by atoms with Crippen LogP contribution in [0, 0.1) is 0 Å². The first kappa shape index (κ1) is 71.0. The van der Waals surface area contributed by atoms with Crippen LogP contribution in [0.1, 0.15) is 322 Å². The fourth-order valence-electron chi connectivity index (χ4n) is 9.60. The van der Waals surface area contributed by atoms with Crippen LogP contribution in [0.4, 0.5) is 0 Å². The van der Waals surface area contributed by atoms with Crippen molar-refractivity contribution in [2.24, 2.45) is 0 Å². The van der Waals surface area contributed by atoms with E-state index in [-0.39, 0.29) is 38.2 Å². The third-order valence-corrected chi connectivity index (χ3v) is 14.5. The van der Waals surface area contributed by atoms with Gasteiger partial charge >= 0.3 is 17.9 Å². The van der Waals surface area contributed by atoms with Gasteiger partial charge in [0.2, 0.25) is 0 Å². The summed E-state index contributed by atoms with van der Waals surface area (Å²) in [6.45, 7) is 4.92. The molecule has 0 saturated carbocycles. The molecule has 0 aliphatic carbocycles. The Morgan fingerprint density at radius 1 is 0.397 bits per heavy atom. The highest BCUT2D eigenvalue weighted by molar-refractivity contribution is 5.71. The van der Waals surface area contributed by atoms with Gasteiger partial charge in [0.1, 0.15) is 13.2 Å². The predicted molar refractivity (Wildman–Crippen MR) is 309 cm³/mol. The highest BCUT2D eigenvalue weighted by atomic mass is 16.7. The molecule has 0 radical (unpaired) electrons. The minimum Gasteiger partial charge on any atom is -0.477 e. The van der Waals surface area contributed by atoms with Crippen LogP contribution in [-0.2, 0) is 33.3 Å². The van der Waals surface area contributed by atoms with E-state index >= 15 is 0 Å². The van der Waals surface area contributed by atoms with Crippen molar-refractivity contribution in [3.05, 3.63) is 12.2 Å². The summed E-state index contributed by atoms with van der Waals surface area (Å²) in [5.41, 5.74) is 0. The van der Waals surface area contributed by atoms with Crippen LogP contribution < -0.4 is 0 Å². The summed E-state index contributed by atoms with van der Waals surface area (Å²) < 4.78 is 22.9. The summed E-state index contributed by atoms with van der Waals surface area (Å²) in [6, 6.07) is 0. The first-order valence-electron chi connectivity index (χ1n) is 31.9. The summed E-state index contributed by atoms with van der Waals surface area (Å²) in [7, 11) is 5.98. The van der Waals surface area contributed by atoms with E-state index in [9.17, 15) is 19.5 Å². The molecule has 9 heteroatoms. The van der Waals surface area contributed by atoms with Gasteiger partial charge in [-0.05, 0) is 38.5 Å². The Labute approximate surface area is 453 Å². The molecule has 432 valence electrons. The zero-order valence-corrected chi connectivity index (χ0v) is 49.3. The van der Waals surface area contributed by atoms with E-state index in [0.717, 1.165) is 38.5 Å². The highest BCUT2D eigenvalue weighted by Gasteiger charge is 2.25. The van der Waals surface area contributed by atoms with Gasteiger partial charge in [-0.15, -0.1) is 0 Å². The fourth-order valence-corrected chi connectivity index (χ4v) is 9.60. The number of carbonyl (C=O) groups is 3. The maximum absolute atomic E-state index is 12.9. The van der Waals surface area contributed by atoms with Crippen molar-refractivity contribution in [2.45, 2.75) is 334 Å². The molecule has 0 aliphatic rings. The molecule has 0 bridgehead atoms. The Morgan fingerprint density at radius 2 is 0.699 bits per heavy atom. The molecule has 2 atom stereocenters. The fraction of sp³-hybridized carbons (Fsp3) is 0.922. The zero-order chi connectivity index (χ0) is 53.4. The quantitative estimate of drug-likeness (QED) is 0.0211. The molecule has 0 aromatic carbocycles. The number of carbonyl (C=O) groups excluding carboxylic acids is 2. The Balaban J connectivity index is 3.90. The SMILES string of the molecule is CCCCCCCCCC/C=C\CCCCCCCCCCCCCCCCCCCCCCCCCCCC(=O)OC(COC(=O)CCCCCCCCCCCCC)COC(OCC[N+](C)(C)C)C(=O)O. The normalized spacial score (nSPS) is 12.7. The molecule has 0 heterocycles. The van der Waals surface area contributed by atoms with Crippen molar-refractivity contribution in [3.8, 4) is 0 Å². The number of hydrogen-bond donors (Lipinski definition) is 1. The van der Waals surface area contributed by atoms with Crippen LogP contribution in [0.2, 0.25) is 0 Å². The molecular weight excluding hydrogens is 911 g/mol. The Bertz CT molecular complexity index is 1200. The number of carboxylic acids is 1. The van der Waals surface area contributed by atoms with Crippen LogP contribution in [-0.4, -0.2) is 87.4 Å². The first-order valence-corrected chi connectivity index (χ1v) is 31.9. The van der Waals surface area contributed by atoms with Gasteiger partial charge in [0.15, 0.2) is 6.10 Å². The summed E-state index contributed by atoms with van der Waals surface area (Å²) in [6.07, 6.45) is 63.4. The first-order chi connectivity index (χ1) is 35.6. The number of esters is 2. The average Bonchev–Trinajstić information content (AvgIpc) is 3.36. The molecular formula is C64H124NO8+. The van der Waals surface area contributed by atoms with Gasteiger partial charge in [-0.1, -0.05) is 283 Å². The van der Waals surface area contributed by atoms with E-state index in [1.165, 1.54) is 257 Å². The predicted octanol–water partition coefficient (Wildman–Crippen LogP) is 18.9. The molecule has 0 aliphatic heterocycles. The molecule has 0 aromatic rings. The number of rotatable bonds is 60. The number of carboxylic acid groups (broad SMARTS) is 1. The second-order valence-corrected chi connectivity index (χ2v) is 23.1. The Morgan fingerprint density at radius 3 is 1.01 bits per heavy atom. The lowest BCUT2D eigenvalue weighted by atomic mass is 10.0. The topological polar surface area (TPSA) is 108 Å². The van der Waals surface area contributed by atoms with Gasteiger partial charge in [-0.25, -0.2) is 4.79 Å². The molecule has 1 N–H and O–H groups in total. The lowest BCUT2D eigenvalue weighted by Gasteiger charge is -2.25. The minimum atomic E-state index is -1.50. The van der Waals surface area contributed by atoms with E-state index in [1.54, 1.807) is 0 Å². The van der Waals surface area contributed by atoms with Crippen molar-refractivity contribution >= 4 is 17.9 Å². The molecule has 0 aromatic heterocycles. The Hall–Kier alpha value is -1.97. The lowest BCUT2D eigenvalue weighted by Crippen LogP contribution is -2.40. The number of quaternary nitrogens is 1. The molecule has 0 rings (SSSR count). The molecule has 0 saturated heterocycles. The smallest absolute Gasteiger partial charge is 0.361 e. The zero-order valence-electron chi connectivity index (χ0n) is 49.3. The van der Waals surface area contributed by atoms with Gasteiger partial charge < -0.3 is 28.5 Å². The van der Waals surface area contributed by atoms with Crippen LogP contribution in [0.25, 0.3) is 0 Å². The van der Waals surface area contributed by atoms with E-state index < -0.39 is 18.4 Å². The van der Waals surface area contributed by atoms with E-state index in [1.807, 2.05) is 21.1 Å². The van der Waals surface area contributed by atoms with Gasteiger partial charge in [0.05, 0.1) is 34.4 Å². The molecule has 0 fully saturated rings. The molecule has 9 nitrogen and oxygen atoms in total. The maximum atomic E-state index is 12.9. The summed E-state index contributed by atoms with van der Waals surface area (Å²) >= 11 is 0. The van der Waals surface area contributed by atoms with Crippen molar-refractivity contribution in [1.29, 1.82) is 0 Å². The molecule has 2 unspecified atom stereocenters. The van der Waals surface area contributed by atoms with E-state index in [2.05, 4.69) is 26.0 Å². The molecule has 0 amide bonds. The van der Waals surface area contributed by atoms with Gasteiger partial charge in [-0.2, -0.15) is 0 Å². The monoisotopic (exact) mass is 1030 g/mol. The number of ether oxygens (including phenoxy) is 4. The number of likely N-dealkylation sites (N-methyl/N-ethyl adjacent to an activating group) is 1. The Kier molecular flexibility index (Phi) is 54.7. The van der Waals surface area contributed by atoms with Crippen molar-refractivity contribution < 1.29 is 42.9 Å². The molecule has 0 spiro atoms. The van der Waals surface area contributed by atoms with Crippen molar-refractivity contribution in [2.75, 3.05) is 47.5 Å². The number of nitrogens with zero attached hydrogens (tertiary/aromatic N) is 1. The number of allylic oxidation sites excluding steroid dienone is 2. The minimum absolute atomic E-state index is 0.174. The standard InChI is InChI=1S/C64H123NO8/c1-6-8-10-12-14-16-18-19-20-21-22-23-24-25-26-27-28-29-30-31-32-33-34-35-36-37-38-39-40-41-42-43-45-47-49-51-53-55-62(67)73-60(59-72-64(63(68)69)70-57-56-65(3,4)5)58-71-61(66)54-52-50-48-46-44-17-15-13-11-9-7-2/h21-22,60,64H,6-20,23-59H2,1-5H3/p+1/b22-21-. The van der Waals surface area contributed by atoms with Gasteiger partial charge in [-0.3, -0.25) is 9.59 Å². The van der Waals surface area contributed by atoms with E-state index in [0.29, 0.717) is 17.4 Å².